The maximum absolute atomic E-state index is 12.8. The van der Waals surface area contributed by atoms with Crippen LogP contribution in [-0.2, 0) is 16.7 Å². The van der Waals surface area contributed by atoms with Crippen LogP contribution in [0.15, 0.2) is 72.8 Å². The highest BCUT2D eigenvalue weighted by molar-refractivity contribution is 5.79. The number of hydrogen-bond donors (Lipinski definition) is 2. The van der Waals surface area contributed by atoms with Crippen molar-refractivity contribution in [3.8, 4) is 11.1 Å². The lowest BCUT2D eigenvalue weighted by Crippen LogP contribution is -2.51. The van der Waals surface area contributed by atoms with E-state index in [4.69, 9.17) is 4.74 Å². The standard InChI is InChI=1S/C26H25NO3/c28-17-26(15-7-9-18-8-1-6-14-24(18)26)27-25(29)30-16-23-21-12-4-2-10-19(21)20-11-3-5-13-22(20)23/h1-6,8,10-14,23,28H,7,9,15-17H2,(H,27,29). The molecule has 2 N–H and O–H groups in total. The number of nitrogens with one attached hydrogen (secondary N) is 1. The van der Waals surface area contributed by atoms with Crippen LogP contribution in [0.1, 0.15) is 41.0 Å². The van der Waals surface area contributed by atoms with Crippen LogP contribution in [0.25, 0.3) is 11.1 Å². The lowest BCUT2D eigenvalue weighted by Gasteiger charge is -2.38. The van der Waals surface area contributed by atoms with Gasteiger partial charge in [-0.1, -0.05) is 72.8 Å². The summed E-state index contributed by atoms with van der Waals surface area (Å²) in [6, 6.07) is 24.6. The van der Waals surface area contributed by atoms with E-state index in [0.717, 1.165) is 18.4 Å². The van der Waals surface area contributed by atoms with E-state index < -0.39 is 11.6 Å². The molecule has 0 aromatic heterocycles. The Morgan fingerprint density at radius 2 is 1.60 bits per heavy atom. The van der Waals surface area contributed by atoms with Gasteiger partial charge in [0.05, 0.1) is 12.1 Å². The molecule has 0 fully saturated rings. The summed E-state index contributed by atoms with van der Waals surface area (Å²) < 4.78 is 5.72. The number of carbonyl (C=O) groups excluding carboxylic acids is 1. The van der Waals surface area contributed by atoms with Crippen LogP contribution in [0.5, 0.6) is 0 Å². The van der Waals surface area contributed by atoms with Gasteiger partial charge in [0.25, 0.3) is 0 Å². The molecule has 5 rings (SSSR count). The maximum Gasteiger partial charge on any atom is 0.407 e. The van der Waals surface area contributed by atoms with Crippen molar-refractivity contribution >= 4 is 6.09 Å². The van der Waals surface area contributed by atoms with Gasteiger partial charge in [-0.3, -0.25) is 0 Å². The van der Waals surface area contributed by atoms with E-state index in [9.17, 15) is 9.90 Å². The zero-order valence-corrected chi connectivity index (χ0v) is 16.8. The van der Waals surface area contributed by atoms with Crippen LogP contribution in [0.4, 0.5) is 4.79 Å². The Bertz CT molecular complexity index is 1050. The van der Waals surface area contributed by atoms with Crippen LogP contribution in [-0.4, -0.2) is 24.4 Å². The molecule has 1 atom stereocenters. The monoisotopic (exact) mass is 399 g/mol. The first kappa shape index (κ1) is 18.9. The zero-order chi connectivity index (χ0) is 20.6. The summed E-state index contributed by atoms with van der Waals surface area (Å²) in [6.45, 7) is 0.122. The third-order valence-corrected chi connectivity index (χ3v) is 6.54. The Balaban J connectivity index is 1.35. The molecule has 0 spiro atoms. The number of aliphatic hydroxyl groups excluding tert-OH is 1. The average Bonchev–Trinajstić information content (AvgIpc) is 3.12. The second kappa shape index (κ2) is 7.62. The summed E-state index contributed by atoms with van der Waals surface area (Å²) in [5.74, 6) is 0.0202. The molecule has 2 aliphatic carbocycles. The fourth-order valence-corrected chi connectivity index (χ4v) is 5.08. The highest BCUT2D eigenvalue weighted by atomic mass is 16.5. The maximum atomic E-state index is 12.8. The smallest absolute Gasteiger partial charge is 0.407 e. The van der Waals surface area contributed by atoms with Crippen LogP contribution < -0.4 is 5.32 Å². The lowest BCUT2D eigenvalue weighted by atomic mass is 9.77. The predicted molar refractivity (Wildman–Crippen MR) is 116 cm³/mol. The minimum absolute atomic E-state index is 0.0202. The van der Waals surface area contributed by atoms with Gasteiger partial charge in [-0.25, -0.2) is 4.79 Å². The first-order valence-electron chi connectivity index (χ1n) is 10.5. The highest BCUT2D eigenvalue weighted by Gasteiger charge is 2.38. The van der Waals surface area contributed by atoms with E-state index in [2.05, 4.69) is 35.6 Å². The summed E-state index contributed by atoms with van der Waals surface area (Å²) in [6.07, 6.45) is 2.10. The fourth-order valence-electron chi connectivity index (χ4n) is 5.08. The SMILES string of the molecule is O=C(NC1(CO)CCCc2ccccc21)OCC1c2ccccc2-c2ccccc21. The Labute approximate surface area is 176 Å². The van der Waals surface area contributed by atoms with Gasteiger partial charge in [-0.05, 0) is 52.6 Å². The third-order valence-electron chi connectivity index (χ3n) is 6.54. The second-order valence-corrected chi connectivity index (χ2v) is 8.20. The van der Waals surface area contributed by atoms with Crippen molar-refractivity contribution in [2.24, 2.45) is 0 Å². The Morgan fingerprint density at radius 3 is 2.30 bits per heavy atom. The third kappa shape index (κ3) is 3.08. The molecular formula is C26H25NO3. The number of hydrogen-bond acceptors (Lipinski definition) is 3. The Hall–Kier alpha value is -3.11. The summed E-state index contributed by atoms with van der Waals surface area (Å²) >= 11 is 0. The van der Waals surface area contributed by atoms with Crippen molar-refractivity contribution in [2.45, 2.75) is 30.7 Å². The van der Waals surface area contributed by atoms with Crippen molar-refractivity contribution in [3.05, 3.63) is 95.1 Å². The number of alkyl carbamates (subject to hydrolysis) is 1. The van der Waals surface area contributed by atoms with Crippen LogP contribution in [0, 0.1) is 0 Å². The van der Waals surface area contributed by atoms with E-state index in [1.807, 2.05) is 42.5 Å². The Kier molecular flexibility index (Phi) is 4.80. The molecule has 4 nitrogen and oxygen atoms in total. The first-order valence-corrected chi connectivity index (χ1v) is 10.5. The van der Waals surface area contributed by atoms with Crippen LogP contribution in [0.3, 0.4) is 0 Å². The number of fused-ring (bicyclic) bond motifs is 4. The predicted octanol–water partition coefficient (Wildman–Crippen LogP) is 4.75. The van der Waals surface area contributed by atoms with Crippen molar-refractivity contribution < 1.29 is 14.6 Å². The minimum atomic E-state index is -0.780. The molecule has 3 aromatic carbocycles. The van der Waals surface area contributed by atoms with Gasteiger partial charge in [0.1, 0.15) is 6.61 Å². The van der Waals surface area contributed by atoms with E-state index in [0.29, 0.717) is 6.42 Å². The summed E-state index contributed by atoms with van der Waals surface area (Å²) in [5.41, 5.74) is 6.17. The van der Waals surface area contributed by atoms with Gasteiger partial charge in [-0.15, -0.1) is 0 Å². The molecule has 152 valence electrons. The van der Waals surface area contributed by atoms with E-state index >= 15 is 0 Å². The number of benzene rings is 3. The minimum Gasteiger partial charge on any atom is -0.449 e. The van der Waals surface area contributed by atoms with Crippen molar-refractivity contribution in [1.82, 2.24) is 5.32 Å². The Morgan fingerprint density at radius 1 is 0.967 bits per heavy atom. The molecule has 0 bridgehead atoms. The summed E-state index contributed by atoms with van der Waals surface area (Å²) in [5, 5.41) is 13.2. The van der Waals surface area contributed by atoms with Gasteiger partial charge in [0, 0.05) is 5.92 Å². The molecule has 0 radical (unpaired) electrons. The molecule has 3 aromatic rings. The van der Waals surface area contributed by atoms with Crippen LogP contribution in [0.2, 0.25) is 0 Å². The molecular weight excluding hydrogens is 374 g/mol. The largest absolute Gasteiger partial charge is 0.449 e. The van der Waals surface area contributed by atoms with Gasteiger partial charge in [0.2, 0.25) is 0 Å². The van der Waals surface area contributed by atoms with E-state index in [-0.39, 0.29) is 19.1 Å². The summed E-state index contributed by atoms with van der Waals surface area (Å²) in [7, 11) is 0. The summed E-state index contributed by atoms with van der Waals surface area (Å²) in [4.78, 5) is 12.8. The number of carbonyl (C=O) groups is 1. The van der Waals surface area contributed by atoms with Gasteiger partial charge in [-0.2, -0.15) is 0 Å². The zero-order valence-electron chi connectivity index (χ0n) is 16.8. The van der Waals surface area contributed by atoms with Gasteiger partial charge in [0.15, 0.2) is 0 Å². The van der Waals surface area contributed by atoms with Crippen molar-refractivity contribution in [2.75, 3.05) is 13.2 Å². The molecule has 4 heteroatoms. The quantitative estimate of drug-likeness (QED) is 0.666. The van der Waals surface area contributed by atoms with Crippen molar-refractivity contribution in [3.63, 3.8) is 0 Å². The number of aryl methyl sites for hydroxylation is 1. The number of amides is 1. The molecule has 0 saturated heterocycles. The number of rotatable bonds is 4. The molecule has 0 saturated carbocycles. The molecule has 1 amide bonds. The molecule has 2 aliphatic rings. The fraction of sp³-hybridized carbons (Fsp3) is 0.269. The lowest BCUT2D eigenvalue weighted by molar-refractivity contribution is 0.100. The van der Waals surface area contributed by atoms with Gasteiger partial charge >= 0.3 is 6.09 Å². The highest BCUT2D eigenvalue weighted by Crippen LogP contribution is 2.44. The second-order valence-electron chi connectivity index (χ2n) is 8.20. The van der Waals surface area contributed by atoms with Gasteiger partial charge < -0.3 is 15.2 Å². The molecule has 30 heavy (non-hydrogen) atoms. The van der Waals surface area contributed by atoms with E-state index in [1.165, 1.54) is 27.8 Å². The topological polar surface area (TPSA) is 58.6 Å². The first-order chi connectivity index (χ1) is 14.7. The van der Waals surface area contributed by atoms with E-state index in [1.54, 1.807) is 0 Å². The van der Waals surface area contributed by atoms with Crippen LogP contribution >= 0.6 is 0 Å². The molecule has 0 heterocycles. The molecule has 1 unspecified atom stereocenters. The number of ether oxygens (including phenoxy) is 1. The average molecular weight is 399 g/mol. The molecule has 0 aliphatic heterocycles. The normalized spacial score (nSPS) is 19.5. The number of aliphatic hydroxyl groups is 1. The van der Waals surface area contributed by atoms with Crippen molar-refractivity contribution in [1.29, 1.82) is 0 Å².